The fourth-order valence-electron chi connectivity index (χ4n) is 3.16. The van der Waals surface area contributed by atoms with E-state index < -0.39 is 0 Å². The number of thiophene rings is 1. The van der Waals surface area contributed by atoms with Crippen molar-refractivity contribution in [2.24, 2.45) is 0 Å². The van der Waals surface area contributed by atoms with Crippen LogP contribution in [0.5, 0.6) is 5.75 Å². The van der Waals surface area contributed by atoms with E-state index in [1.165, 1.54) is 11.8 Å². The van der Waals surface area contributed by atoms with Crippen LogP contribution in [0.4, 0.5) is 0 Å². The van der Waals surface area contributed by atoms with Gasteiger partial charge in [-0.25, -0.2) is 0 Å². The van der Waals surface area contributed by atoms with Gasteiger partial charge in [-0.05, 0) is 54.8 Å². The molecule has 2 aromatic carbocycles. The van der Waals surface area contributed by atoms with Crippen LogP contribution in [-0.4, -0.2) is 33.5 Å². The number of halogens is 1. The van der Waals surface area contributed by atoms with Crippen molar-refractivity contribution in [3.63, 3.8) is 0 Å². The van der Waals surface area contributed by atoms with E-state index in [0.717, 1.165) is 21.9 Å². The first-order valence-corrected chi connectivity index (χ1v) is 12.1. The summed E-state index contributed by atoms with van der Waals surface area (Å²) < 4.78 is 7.28. The van der Waals surface area contributed by atoms with Crippen molar-refractivity contribution in [3.05, 3.63) is 75.9 Å². The lowest BCUT2D eigenvalue weighted by molar-refractivity contribution is -0.119. The van der Waals surface area contributed by atoms with Crippen LogP contribution in [-0.2, 0) is 4.79 Å². The number of aromatic nitrogens is 3. The summed E-state index contributed by atoms with van der Waals surface area (Å²) in [6.07, 6.45) is 0. The van der Waals surface area contributed by atoms with E-state index in [9.17, 15) is 4.79 Å². The molecule has 1 unspecified atom stereocenters. The third kappa shape index (κ3) is 5.15. The van der Waals surface area contributed by atoms with Crippen LogP contribution in [0.3, 0.4) is 0 Å². The Balaban J connectivity index is 1.59. The average Bonchev–Trinajstić information content (AvgIpc) is 3.49. The Kier molecular flexibility index (Phi) is 7.14. The number of rotatable bonds is 8. The van der Waals surface area contributed by atoms with Crippen molar-refractivity contribution in [3.8, 4) is 22.8 Å². The molecule has 6 nitrogen and oxygen atoms in total. The topological polar surface area (TPSA) is 69.0 Å². The summed E-state index contributed by atoms with van der Waals surface area (Å²) in [7, 11) is 1.63. The van der Waals surface area contributed by atoms with E-state index in [0.29, 0.717) is 16.0 Å². The monoisotopic (exact) mass is 484 g/mol. The normalized spacial score (nSPS) is 11.8. The number of nitrogens with one attached hydrogen (secondary N) is 1. The minimum atomic E-state index is -0.0653. The van der Waals surface area contributed by atoms with E-state index in [-0.39, 0.29) is 17.7 Å². The molecule has 0 aliphatic rings. The van der Waals surface area contributed by atoms with E-state index in [2.05, 4.69) is 15.5 Å². The van der Waals surface area contributed by atoms with Crippen LogP contribution in [0.2, 0.25) is 5.02 Å². The molecule has 0 radical (unpaired) electrons. The summed E-state index contributed by atoms with van der Waals surface area (Å²) in [5.74, 6) is 1.54. The van der Waals surface area contributed by atoms with Gasteiger partial charge in [0.1, 0.15) is 5.75 Å². The van der Waals surface area contributed by atoms with Crippen molar-refractivity contribution in [1.29, 1.82) is 0 Å². The summed E-state index contributed by atoms with van der Waals surface area (Å²) in [5.41, 5.74) is 1.71. The maximum Gasteiger partial charge on any atom is 0.230 e. The first kappa shape index (κ1) is 22.4. The molecule has 4 rings (SSSR count). The first-order chi connectivity index (χ1) is 15.5. The van der Waals surface area contributed by atoms with Gasteiger partial charge in [-0.15, -0.1) is 21.5 Å². The zero-order chi connectivity index (χ0) is 22.5. The highest BCUT2D eigenvalue weighted by atomic mass is 35.5. The van der Waals surface area contributed by atoms with Crippen molar-refractivity contribution in [1.82, 2.24) is 20.1 Å². The molecule has 2 heterocycles. The number of methoxy groups -OCH3 is 1. The Morgan fingerprint density at radius 3 is 2.72 bits per heavy atom. The molecule has 0 spiro atoms. The lowest BCUT2D eigenvalue weighted by atomic mass is 10.2. The maximum absolute atomic E-state index is 12.6. The molecule has 0 aliphatic heterocycles. The molecule has 9 heteroatoms. The van der Waals surface area contributed by atoms with Crippen molar-refractivity contribution in [2.75, 3.05) is 12.9 Å². The molecule has 0 saturated heterocycles. The standard InChI is InChI=1S/C23H21ClN4O2S2/c1-15(20-7-4-12-31-20)25-21(29)14-32-23-27-26-22(16-5-3-6-19(13-16)30-2)28(23)18-10-8-17(24)9-11-18/h3-13,15H,14H2,1-2H3,(H,25,29). The summed E-state index contributed by atoms with van der Waals surface area (Å²) in [4.78, 5) is 13.7. The second-order valence-electron chi connectivity index (χ2n) is 6.94. The molecule has 0 bridgehead atoms. The summed E-state index contributed by atoms with van der Waals surface area (Å²) >= 11 is 9.05. The van der Waals surface area contributed by atoms with Crippen LogP contribution in [0.25, 0.3) is 17.1 Å². The Labute approximate surface area is 199 Å². The number of ether oxygens (including phenoxy) is 1. The third-order valence-electron chi connectivity index (χ3n) is 4.73. The van der Waals surface area contributed by atoms with Gasteiger partial charge in [0, 0.05) is 21.2 Å². The first-order valence-electron chi connectivity index (χ1n) is 9.86. The number of thioether (sulfide) groups is 1. The quantitative estimate of drug-likeness (QED) is 0.328. The Hall–Kier alpha value is -2.81. The van der Waals surface area contributed by atoms with Crippen LogP contribution >= 0.6 is 34.7 Å². The van der Waals surface area contributed by atoms with Gasteiger partial charge < -0.3 is 10.1 Å². The molecule has 4 aromatic rings. The average molecular weight is 485 g/mol. The molecule has 0 fully saturated rings. The van der Waals surface area contributed by atoms with E-state index in [1.807, 2.05) is 77.5 Å². The van der Waals surface area contributed by atoms with Gasteiger partial charge >= 0.3 is 0 Å². The van der Waals surface area contributed by atoms with Crippen molar-refractivity contribution in [2.45, 2.75) is 18.1 Å². The van der Waals surface area contributed by atoms with Gasteiger partial charge in [-0.1, -0.05) is 41.6 Å². The predicted octanol–water partition coefficient (Wildman–Crippen LogP) is 5.63. The number of amides is 1. The lowest BCUT2D eigenvalue weighted by Gasteiger charge is -2.13. The SMILES string of the molecule is COc1cccc(-c2nnc(SCC(=O)NC(C)c3cccs3)n2-c2ccc(Cl)cc2)c1. The molecule has 0 saturated carbocycles. The second-order valence-corrected chi connectivity index (χ2v) is 9.30. The molecular formula is C23H21ClN4O2S2. The minimum Gasteiger partial charge on any atom is -0.497 e. The number of hydrogen-bond acceptors (Lipinski definition) is 6. The maximum atomic E-state index is 12.6. The molecule has 2 aromatic heterocycles. The highest BCUT2D eigenvalue weighted by Crippen LogP contribution is 2.30. The van der Waals surface area contributed by atoms with E-state index in [4.69, 9.17) is 16.3 Å². The lowest BCUT2D eigenvalue weighted by Crippen LogP contribution is -2.27. The Morgan fingerprint density at radius 2 is 2.00 bits per heavy atom. The molecule has 0 aliphatic carbocycles. The number of carbonyl (C=O) groups is 1. The fourth-order valence-corrected chi connectivity index (χ4v) is 4.78. The zero-order valence-electron chi connectivity index (χ0n) is 17.5. The van der Waals surface area contributed by atoms with Crippen LogP contribution in [0.1, 0.15) is 17.8 Å². The van der Waals surface area contributed by atoms with Crippen molar-refractivity contribution >= 4 is 40.6 Å². The highest BCUT2D eigenvalue weighted by molar-refractivity contribution is 7.99. The van der Waals surface area contributed by atoms with Crippen LogP contribution in [0.15, 0.2) is 71.2 Å². The smallest absolute Gasteiger partial charge is 0.230 e. The van der Waals surface area contributed by atoms with Crippen LogP contribution < -0.4 is 10.1 Å². The van der Waals surface area contributed by atoms with Gasteiger partial charge in [0.25, 0.3) is 0 Å². The van der Waals surface area contributed by atoms with Gasteiger partial charge in [-0.2, -0.15) is 0 Å². The van der Waals surface area contributed by atoms with Gasteiger partial charge in [0.2, 0.25) is 5.91 Å². The summed E-state index contributed by atoms with van der Waals surface area (Å²) in [6, 6.07) is 19.0. The Morgan fingerprint density at radius 1 is 1.19 bits per heavy atom. The van der Waals surface area contributed by atoms with E-state index in [1.54, 1.807) is 18.4 Å². The van der Waals surface area contributed by atoms with Gasteiger partial charge in [0.05, 0.1) is 18.9 Å². The number of hydrogen-bond donors (Lipinski definition) is 1. The fraction of sp³-hybridized carbons (Fsp3) is 0.174. The van der Waals surface area contributed by atoms with Crippen LogP contribution in [0, 0.1) is 0 Å². The minimum absolute atomic E-state index is 0.0374. The number of benzene rings is 2. The molecule has 1 N–H and O–H groups in total. The second kappa shape index (κ2) is 10.2. The molecular weight excluding hydrogens is 464 g/mol. The van der Waals surface area contributed by atoms with Crippen molar-refractivity contribution < 1.29 is 9.53 Å². The van der Waals surface area contributed by atoms with E-state index >= 15 is 0 Å². The molecule has 164 valence electrons. The summed E-state index contributed by atoms with van der Waals surface area (Å²) in [5, 5.41) is 15.1. The zero-order valence-corrected chi connectivity index (χ0v) is 19.9. The summed E-state index contributed by atoms with van der Waals surface area (Å²) in [6.45, 7) is 1.98. The predicted molar refractivity (Wildman–Crippen MR) is 130 cm³/mol. The van der Waals surface area contributed by atoms with Gasteiger partial charge in [0.15, 0.2) is 11.0 Å². The number of nitrogens with zero attached hydrogens (tertiary/aromatic N) is 3. The Bertz CT molecular complexity index is 1190. The largest absolute Gasteiger partial charge is 0.497 e. The third-order valence-corrected chi connectivity index (χ3v) is 6.96. The highest BCUT2D eigenvalue weighted by Gasteiger charge is 2.18. The molecule has 1 atom stereocenters. The number of carbonyl (C=O) groups excluding carboxylic acids is 1. The molecule has 1 amide bonds. The molecule has 32 heavy (non-hydrogen) atoms. The van der Waals surface area contributed by atoms with Gasteiger partial charge in [-0.3, -0.25) is 9.36 Å².